The van der Waals surface area contributed by atoms with Gasteiger partial charge in [-0.1, -0.05) is 36.4 Å². The Morgan fingerprint density at radius 3 is 2.56 bits per heavy atom. The molecule has 0 saturated heterocycles. The van der Waals surface area contributed by atoms with Crippen molar-refractivity contribution in [3.05, 3.63) is 72.9 Å². The first-order valence-electron chi connectivity index (χ1n) is 12.1. The lowest BCUT2D eigenvalue weighted by molar-refractivity contribution is -0.146. The van der Waals surface area contributed by atoms with E-state index in [0.29, 0.717) is 5.82 Å². The minimum absolute atomic E-state index is 0.0402. The summed E-state index contributed by atoms with van der Waals surface area (Å²) in [4.78, 5) is 30.9. The van der Waals surface area contributed by atoms with Gasteiger partial charge in [0.05, 0.1) is 36.0 Å². The van der Waals surface area contributed by atoms with E-state index in [2.05, 4.69) is 14.4 Å². The van der Waals surface area contributed by atoms with Crippen LogP contribution in [-0.2, 0) is 9.53 Å². The van der Waals surface area contributed by atoms with Gasteiger partial charge >= 0.3 is 5.97 Å². The van der Waals surface area contributed by atoms with E-state index in [0.717, 1.165) is 70.6 Å². The number of nitrogens with zero attached hydrogens (tertiary/aromatic N) is 5. The third-order valence-corrected chi connectivity index (χ3v) is 7.12. The van der Waals surface area contributed by atoms with Crippen LogP contribution in [0.3, 0.4) is 0 Å². The third-order valence-electron chi connectivity index (χ3n) is 7.12. The standard InChI is InChI=1S/C28H26N6O2/c1-36-28(35)19-9-7-18(8-10-19)27-33-24(25-26(29)30-13-14-34(25)27)20-11-12-21-22(15-20)32-23(16-31-21)17-5-3-2-4-6-17/h2-6,11-16,18-19H,7-10H2,1H3,(H2,29,30). The lowest BCUT2D eigenvalue weighted by Gasteiger charge is -2.26. The summed E-state index contributed by atoms with van der Waals surface area (Å²) < 4.78 is 7.01. The van der Waals surface area contributed by atoms with E-state index in [1.807, 2.05) is 54.7 Å². The molecule has 0 aliphatic heterocycles. The highest BCUT2D eigenvalue weighted by Crippen LogP contribution is 2.39. The smallest absolute Gasteiger partial charge is 0.308 e. The van der Waals surface area contributed by atoms with E-state index >= 15 is 0 Å². The molecule has 1 fully saturated rings. The van der Waals surface area contributed by atoms with E-state index in [9.17, 15) is 4.79 Å². The van der Waals surface area contributed by atoms with Gasteiger partial charge in [0.2, 0.25) is 0 Å². The fourth-order valence-electron chi connectivity index (χ4n) is 5.24. The molecule has 2 aromatic carbocycles. The van der Waals surface area contributed by atoms with Crippen LogP contribution >= 0.6 is 0 Å². The number of ether oxygens (including phenoxy) is 1. The van der Waals surface area contributed by atoms with Crippen LogP contribution in [0.4, 0.5) is 5.82 Å². The molecule has 8 nitrogen and oxygen atoms in total. The van der Waals surface area contributed by atoms with E-state index < -0.39 is 0 Å². The summed E-state index contributed by atoms with van der Waals surface area (Å²) in [6.07, 6.45) is 8.72. The van der Waals surface area contributed by atoms with Gasteiger partial charge in [-0.25, -0.2) is 15.0 Å². The average molecular weight is 479 g/mol. The Bertz CT molecular complexity index is 1570. The lowest BCUT2D eigenvalue weighted by Crippen LogP contribution is -2.23. The van der Waals surface area contributed by atoms with Crippen molar-refractivity contribution in [3.63, 3.8) is 0 Å². The van der Waals surface area contributed by atoms with Gasteiger partial charge in [0.25, 0.3) is 0 Å². The molecular formula is C28H26N6O2. The number of nitrogens with two attached hydrogens (primary N) is 1. The Kier molecular flexibility index (Phi) is 5.56. The number of fused-ring (bicyclic) bond motifs is 2. The number of esters is 1. The Balaban J connectivity index is 1.42. The number of hydrogen-bond donors (Lipinski definition) is 1. The van der Waals surface area contributed by atoms with Crippen molar-refractivity contribution in [1.29, 1.82) is 0 Å². The first-order chi connectivity index (χ1) is 17.6. The van der Waals surface area contributed by atoms with Crippen molar-refractivity contribution in [3.8, 4) is 22.5 Å². The molecule has 0 radical (unpaired) electrons. The van der Waals surface area contributed by atoms with Crippen LogP contribution in [-0.4, -0.2) is 37.4 Å². The molecular weight excluding hydrogens is 452 g/mol. The summed E-state index contributed by atoms with van der Waals surface area (Å²) in [7, 11) is 1.45. The highest BCUT2D eigenvalue weighted by molar-refractivity contribution is 5.90. The zero-order valence-corrected chi connectivity index (χ0v) is 20.0. The number of methoxy groups -OCH3 is 1. The normalized spacial score (nSPS) is 17.9. The molecule has 1 saturated carbocycles. The van der Waals surface area contributed by atoms with Gasteiger partial charge in [-0.2, -0.15) is 0 Å². The predicted molar refractivity (Wildman–Crippen MR) is 138 cm³/mol. The SMILES string of the molecule is COC(=O)C1CCC(c2nc(-c3ccc4ncc(-c5ccccc5)nc4c3)c3c(N)nccn23)CC1. The molecule has 3 aromatic heterocycles. The van der Waals surface area contributed by atoms with Gasteiger partial charge in [0.15, 0.2) is 0 Å². The number of anilines is 1. The molecule has 0 bridgehead atoms. The van der Waals surface area contributed by atoms with Crippen molar-refractivity contribution in [2.45, 2.75) is 31.6 Å². The number of carbonyl (C=O) groups is 1. The van der Waals surface area contributed by atoms with Gasteiger partial charge < -0.3 is 10.5 Å². The van der Waals surface area contributed by atoms with Gasteiger partial charge in [-0.05, 0) is 37.8 Å². The van der Waals surface area contributed by atoms with Crippen LogP contribution in [0.5, 0.6) is 0 Å². The number of benzene rings is 2. The third kappa shape index (κ3) is 3.84. The predicted octanol–water partition coefficient (Wildman–Crippen LogP) is 5.04. The molecule has 0 amide bonds. The minimum Gasteiger partial charge on any atom is -0.469 e. The summed E-state index contributed by atoms with van der Waals surface area (Å²) in [5.41, 5.74) is 12.3. The number of hydrogen-bond acceptors (Lipinski definition) is 7. The molecule has 1 aliphatic rings. The fraction of sp³-hybridized carbons (Fsp3) is 0.250. The molecule has 180 valence electrons. The van der Waals surface area contributed by atoms with Gasteiger partial charge in [0.1, 0.15) is 22.9 Å². The molecule has 6 rings (SSSR count). The van der Waals surface area contributed by atoms with Gasteiger partial charge in [-0.15, -0.1) is 0 Å². The minimum atomic E-state index is -0.122. The molecule has 0 spiro atoms. The highest BCUT2D eigenvalue weighted by atomic mass is 16.5. The van der Waals surface area contributed by atoms with Crippen LogP contribution < -0.4 is 5.73 Å². The summed E-state index contributed by atoms with van der Waals surface area (Å²) in [6.45, 7) is 0. The number of rotatable bonds is 4. The van der Waals surface area contributed by atoms with Crippen molar-refractivity contribution in [2.24, 2.45) is 5.92 Å². The molecule has 1 aliphatic carbocycles. The van der Waals surface area contributed by atoms with E-state index in [-0.39, 0.29) is 17.8 Å². The zero-order valence-electron chi connectivity index (χ0n) is 20.0. The monoisotopic (exact) mass is 478 g/mol. The van der Waals surface area contributed by atoms with Crippen LogP contribution in [0, 0.1) is 5.92 Å². The Hall–Kier alpha value is -4.33. The van der Waals surface area contributed by atoms with Crippen molar-refractivity contribution < 1.29 is 9.53 Å². The van der Waals surface area contributed by atoms with Gasteiger partial charge in [-0.3, -0.25) is 14.2 Å². The molecule has 5 aromatic rings. The summed E-state index contributed by atoms with van der Waals surface area (Å²) in [5.74, 6) is 1.43. The van der Waals surface area contributed by atoms with Crippen LogP contribution in [0.25, 0.3) is 39.1 Å². The first-order valence-corrected chi connectivity index (χ1v) is 12.1. The molecule has 0 atom stereocenters. The van der Waals surface area contributed by atoms with Crippen molar-refractivity contribution in [1.82, 2.24) is 24.3 Å². The van der Waals surface area contributed by atoms with Crippen LogP contribution in [0.1, 0.15) is 37.4 Å². The molecule has 2 N–H and O–H groups in total. The topological polar surface area (TPSA) is 108 Å². The Morgan fingerprint density at radius 2 is 1.78 bits per heavy atom. The summed E-state index contributed by atoms with van der Waals surface area (Å²) in [6, 6.07) is 16.0. The maximum Gasteiger partial charge on any atom is 0.308 e. The largest absolute Gasteiger partial charge is 0.469 e. The van der Waals surface area contributed by atoms with Crippen LogP contribution in [0.15, 0.2) is 67.1 Å². The van der Waals surface area contributed by atoms with Crippen molar-refractivity contribution in [2.75, 3.05) is 12.8 Å². The second-order valence-electron chi connectivity index (χ2n) is 9.25. The van der Waals surface area contributed by atoms with Crippen LogP contribution in [0.2, 0.25) is 0 Å². The van der Waals surface area contributed by atoms with E-state index in [1.165, 1.54) is 7.11 Å². The quantitative estimate of drug-likeness (QED) is 0.361. The fourth-order valence-corrected chi connectivity index (χ4v) is 5.24. The maximum atomic E-state index is 12.0. The second-order valence-corrected chi connectivity index (χ2v) is 9.25. The first kappa shape index (κ1) is 22.2. The Morgan fingerprint density at radius 1 is 0.972 bits per heavy atom. The Labute approximate surface area is 208 Å². The summed E-state index contributed by atoms with van der Waals surface area (Å²) >= 11 is 0. The number of nitrogen functional groups attached to an aromatic ring is 1. The molecule has 3 heterocycles. The molecule has 36 heavy (non-hydrogen) atoms. The number of carbonyl (C=O) groups excluding carboxylic acids is 1. The second kappa shape index (κ2) is 9.03. The highest BCUT2D eigenvalue weighted by Gasteiger charge is 2.31. The number of aromatic nitrogens is 5. The number of imidazole rings is 1. The average Bonchev–Trinajstić information content (AvgIpc) is 3.33. The van der Waals surface area contributed by atoms with Crippen molar-refractivity contribution >= 4 is 28.3 Å². The summed E-state index contributed by atoms with van der Waals surface area (Å²) in [5, 5.41) is 0. The van der Waals surface area contributed by atoms with E-state index in [4.69, 9.17) is 20.4 Å². The van der Waals surface area contributed by atoms with Gasteiger partial charge in [0, 0.05) is 29.4 Å². The maximum absolute atomic E-state index is 12.0. The molecule has 0 unspecified atom stereocenters. The van der Waals surface area contributed by atoms with E-state index in [1.54, 1.807) is 12.4 Å². The lowest BCUT2D eigenvalue weighted by atomic mass is 9.81. The molecule has 8 heteroatoms. The zero-order chi connectivity index (χ0) is 24.6.